The normalized spacial score (nSPS) is 20.0. The third-order valence-corrected chi connectivity index (χ3v) is 12.1. The molecule has 4 N–H and O–H groups in total. The van der Waals surface area contributed by atoms with Crippen molar-refractivity contribution in [2.75, 3.05) is 27.3 Å². The number of H-pyrrole nitrogens is 2. The summed E-state index contributed by atoms with van der Waals surface area (Å²) in [5.74, 6) is 1.51. The molecule has 4 amide bonds. The molecule has 61 heavy (non-hydrogen) atoms. The van der Waals surface area contributed by atoms with Crippen LogP contribution >= 0.6 is 0 Å². The predicted octanol–water partition coefficient (Wildman–Crippen LogP) is 8.18. The van der Waals surface area contributed by atoms with Gasteiger partial charge in [-0.1, -0.05) is 90.1 Å². The van der Waals surface area contributed by atoms with Gasteiger partial charge >= 0.3 is 12.2 Å². The Labute approximate surface area is 357 Å². The first-order valence-corrected chi connectivity index (χ1v) is 21.2. The fourth-order valence-electron chi connectivity index (χ4n) is 8.84. The summed E-state index contributed by atoms with van der Waals surface area (Å²) in [5.41, 5.74) is 8.94. The highest BCUT2D eigenvalue weighted by Crippen LogP contribution is 2.38. The second-order valence-corrected chi connectivity index (χ2v) is 17.6. The van der Waals surface area contributed by atoms with Crippen molar-refractivity contribution in [2.24, 2.45) is 23.7 Å². The van der Waals surface area contributed by atoms with Crippen LogP contribution < -0.4 is 10.6 Å². The third kappa shape index (κ3) is 8.99. The average molecular weight is 831 g/mol. The van der Waals surface area contributed by atoms with Crippen molar-refractivity contribution in [3.63, 3.8) is 0 Å². The molecule has 0 aliphatic carbocycles. The molecule has 0 radical (unpaired) electrons. The van der Waals surface area contributed by atoms with Gasteiger partial charge in [-0.05, 0) is 89.0 Å². The minimum absolute atomic E-state index is 0.114. The lowest BCUT2D eigenvalue weighted by atomic mass is 9.98. The number of methoxy groups -OCH3 is 2. The molecule has 5 aromatic rings. The highest BCUT2D eigenvalue weighted by Gasteiger charge is 2.41. The number of aromatic nitrogens is 4. The van der Waals surface area contributed by atoms with Gasteiger partial charge in [-0.3, -0.25) is 9.59 Å². The number of nitrogens with one attached hydrogen (secondary N) is 4. The van der Waals surface area contributed by atoms with Gasteiger partial charge in [-0.15, -0.1) is 0 Å². The highest BCUT2D eigenvalue weighted by atomic mass is 16.5. The van der Waals surface area contributed by atoms with Gasteiger partial charge in [0.25, 0.3) is 0 Å². The fraction of sp³-hybridized carbons (Fsp3) is 0.447. The SMILES string of the molecule is COC(=O)N[C@H](C(=O)N1C[C@@H](C)C[C@H]1c1ncc(-c2ccc(-c3ccc(-c4cc(C)c5nc([C@@H]6C[C@H](C)CN6C(=O)[C@@H](NC(=O)OC)C(C)C)[nH]c5c4)cc3)cc2)[nH]1)C(C)C. The van der Waals surface area contributed by atoms with Crippen LogP contribution in [-0.2, 0) is 19.1 Å². The summed E-state index contributed by atoms with van der Waals surface area (Å²) in [6, 6.07) is 19.2. The number of aromatic amines is 2. The van der Waals surface area contributed by atoms with E-state index in [1.807, 2.05) is 43.7 Å². The number of hydrogen-bond acceptors (Lipinski definition) is 8. The monoisotopic (exact) mass is 830 g/mol. The average Bonchev–Trinajstić information content (AvgIpc) is 4.07. The van der Waals surface area contributed by atoms with Crippen molar-refractivity contribution < 1.29 is 28.7 Å². The van der Waals surface area contributed by atoms with E-state index in [1.54, 1.807) is 0 Å². The highest BCUT2D eigenvalue weighted by molar-refractivity contribution is 5.88. The fourth-order valence-corrected chi connectivity index (χ4v) is 8.84. The summed E-state index contributed by atoms with van der Waals surface area (Å²) >= 11 is 0. The van der Waals surface area contributed by atoms with Crippen molar-refractivity contribution in [1.82, 2.24) is 40.4 Å². The Morgan fingerprint density at radius 1 is 0.672 bits per heavy atom. The van der Waals surface area contributed by atoms with E-state index < -0.39 is 24.3 Å². The number of ether oxygens (including phenoxy) is 2. The van der Waals surface area contributed by atoms with Gasteiger partial charge in [0, 0.05) is 13.1 Å². The van der Waals surface area contributed by atoms with Crippen molar-refractivity contribution >= 4 is 35.0 Å². The summed E-state index contributed by atoms with van der Waals surface area (Å²) in [7, 11) is 2.59. The molecule has 14 nitrogen and oxygen atoms in total. The zero-order valence-corrected chi connectivity index (χ0v) is 36.5. The Balaban J connectivity index is 1.05. The number of alkyl carbamates (subject to hydrolysis) is 2. The molecule has 0 unspecified atom stereocenters. The quantitative estimate of drug-likeness (QED) is 0.103. The van der Waals surface area contributed by atoms with Crippen LogP contribution in [0.4, 0.5) is 9.59 Å². The van der Waals surface area contributed by atoms with Crippen LogP contribution in [0.5, 0.6) is 0 Å². The smallest absolute Gasteiger partial charge is 0.407 e. The zero-order valence-electron chi connectivity index (χ0n) is 36.5. The number of imidazole rings is 2. The Morgan fingerprint density at radius 2 is 1.13 bits per heavy atom. The molecule has 2 aromatic heterocycles. The summed E-state index contributed by atoms with van der Waals surface area (Å²) < 4.78 is 9.59. The lowest BCUT2D eigenvalue weighted by molar-refractivity contribution is -0.136. The van der Waals surface area contributed by atoms with Gasteiger partial charge in [0.2, 0.25) is 11.8 Å². The standard InChI is InChI=1S/C47H58N8O6/c1-25(2)39(52-46(58)60-8)44(56)54-23-27(5)18-37(54)42-48-22-36(50-42)33-16-14-31(15-17-33)30-10-12-32(13-11-30)34-20-29(7)41-35(21-34)49-43(51-41)38-19-28(6)24-55(38)45(57)40(26(3)4)53-47(59)61-9/h10-17,20-22,25-28,37-40H,18-19,23-24H2,1-9H3,(H,48,50)(H,49,51)(H,52,58)(H,53,59)/t27-,28-,37-,38-,39-,40-/m0/s1. The van der Waals surface area contributed by atoms with Gasteiger partial charge in [0.05, 0.1) is 49.2 Å². The number of aryl methyl sites for hydroxylation is 1. The van der Waals surface area contributed by atoms with Crippen LogP contribution in [0, 0.1) is 30.6 Å². The van der Waals surface area contributed by atoms with Gasteiger partial charge < -0.3 is 39.9 Å². The molecule has 2 aliphatic heterocycles. The molecule has 0 saturated carbocycles. The second kappa shape index (κ2) is 17.8. The van der Waals surface area contributed by atoms with Crippen molar-refractivity contribution in [3.8, 4) is 33.5 Å². The molecule has 14 heteroatoms. The molecule has 3 aromatic carbocycles. The largest absolute Gasteiger partial charge is 0.453 e. The first kappa shape index (κ1) is 42.9. The molecule has 2 fully saturated rings. The topological polar surface area (TPSA) is 175 Å². The molecule has 0 bridgehead atoms. The van der Waals surface area contributed by atoms with E-state index in [0.717, 1.165) is 74.6 Å². The van der Waals surface area contributed by atoms with Crippen molar-refractivity contribution in [3.05, 3.63) is 84.1 Å². The van der Waals surface area contributed by atoms with E-state index in [2.05, 4.69) is 102 Å². The molecular formula is C47H58N8O6. The summed E-state index contributed by atoms with van der Waals surface area (Å²) in [5, 5.41) is 5.45. The molecule has 2 aliphatic rings. The molecule has 7 rings (SSSR count). The number of amides is 4. The number of benzene rings is 3. The van der Waals surface area contributed by atoms with Crippen LogP contribution in [-0.4, -0.2) is 93.1 Å². The van der Waals surface area contributed by atoms with Crippen LogP contribution in [0.15, 0.2) is 66.9 Å². The number of nitrogens with zero attached hydrogens (tertiary/aromatic N) is 4. The first-order valence-electron chi connectivity index (χ1n) is 21.2. The first-order chi connectivity index (χ1) is 29.1. The Kier molecular flexibility index (Phi) is 12.5. The molecule has 0 spiro atoms. The molecule has 2 saturated heterocycles. The lowest BCUT2D eigenvalue weighted by Gasteiger charge is -2.30. The summed E-state index contributed by atoms with van der Waals surface area (Å²) in [6.45, 7) is 15.1. The number of hydrogen-bond donors (Lipinski definition) is 4. The van der Waals surface area contributed by atoms with Gasteiger partial charge in [0.15, 0.2) is 0 Å². The van der Waals surface area contributed by atoms with Crippen LogP contribution in [0.3, 0.4) is 0 Å². The van der Waals surface area contributed by atoms with Gasteiger partial charge in [-0.25, -0.2) is 19.6 Å². The van der Waals surface area contributed by atoms with E-state index in [9.17, 15) is 19.2 Å². The number of fused-ring (bicyclic) bond motifs is 1. The number of likely N-dealkylation sites (tertiary alicyclic amines) is 2. The maximum absolute atomic E-state index is 13.8. The number of carbonyl (C=O) groups excluding carboxylic acids is 4. The molecule has 6 atom stereocenters. The van der Waals surface area contributed by atoms with E-state index >= 15 is 0 Å². The van der Waals surface area contributed by atoms with E-state index in [-0.39, 0.29) is 47.6 Å². The maximum atomic E-state index is 13.8. The van der Waals surface area contributed by atoms with Crippen LogP contribution in [0.25, 0.3) is 44.5 Å². The Hall–Kier alpha value is -6.18. The van der Waals surface area contributed by atoms with Gasteiger partial charge in [-0.2, -0.15) is 0 Å². The number of rotatable bonds is 11. The molecule has 4 heterocycles. The minimum atomic E-state index is -0.705. The minimum Gasteiger partial charge on any atom is -0.453 e. The third-order valence-electron chi connectivity index (χ3n) is 12.1. The van der Waals surface area contributed by atoms with E-state index in [1.165, 1.54) is 14.2 Å². The Morgan fingerprint density at radius 3 is 1.61 bits per heavy atom. The lowest BCUT2D eigenvalue weighted by Crippen LogP contribution is -2.51. The van der Waals surface area contributed by atoms with Crippen LogP contribution in [0.2, 0.25) is 0 Å². The maximum Gasteiger partial charge on any atom is 0.407 e. The molecule has 322 valence electrons. The van der Waals surface area contributed by atoms with Crippen molar-refractivity contribution in [2.45, 2.75) is 85.5 Å². The Bertz CT molecular complexity index is 2390. The van der Waals surface area contributed by atoms with Crippen LogP contribution in [0.1, 0.15) is 83.7 Å². The molecular weight excluding hydrogens is 773 g/mol. The predicted molar refractivity (Wildman–Crippen MR) is 234 cm³/mol. The van der Waals surface area contributed by atoms with Gasteiger partial charge in [0.1, 0.15) is 23.7 Å². The second-order valence-electron chi connectivity index (χ2n) is 17.6. The zero-order chi connectivity index (χ0) is 43.7. The number of carbonyl (C=O) groups is 4. The van der Waals surface area contributed by atoms with E-state index in [0.29, 0.717) is 13.1 Å². The van der Waals surface area contributed by atoms with E-state index in [4.69, 9.17) is 19.4 Å². The summed E-state index contributed by atoms with van der Waals surface area (Å²) in [6.07, 6.45) is 2.10. The van der Waals surface area contributed by atoms with Crippen molar-refractivity contribution in [1.29, 1.82) is 0 Å². The summed E-state index contributed by atoms with van der Waals surface area (Å²) in [4.78, 5) is 72.1.